The molecule has 0 heterocycles. The van der Waals surface area contributed by atoms with Gasteiger partial charge in [-0.1, -0.05) is 53.9 Å². The predicted octanol–water partition coefficient (Wildman–Crippen LogP) is 4.49. The van der Waals surface area contributed by atoms with Crippen LogP contribution in [0.5, 0.6) is 0 Å². The van der Waals surface area contributed by atoms with Crippen molar-refractivity contribution in [3.05, 3.63) is 0 Å². The third-order valence-electron chi connectivity index (χ3n) is 3.19. The molecule has 0 aromatic rings. The Bertz CT molecular complexity index is 94.2. The molecule has 0 fully saturated rings. The van der Waals surface area contributed by atoms with Gasteiger partial charge in [-0.3, -0.25) is 0 Å². The molecule has 0 saturated carbocycles. The highest BCUT2D eigenvalue weighted by atomic mass is 14.2. The maximum Gasteiger partial charge on any atom is -0.0394 e. The standard InChI is InChI=1S/C12H26/c1-6-11(5)8-9-12(7-2)10(3)4/h10-12H,6-9H2,1-5H3/t11?,12-/m0/s1. The van der Waals surface area contributed by atoms with Gasteiger partial charge in [-0.15, -0.1) is 0 Å². The Hall–Kier alpha value is 0. The molecule has 1 unspecified atom stereocenters. The summed E-state index contributed by atoms with van der Waals surface area (Å²) in [6.45, 7) is 11.7. The molecule has 12 heavy (non-hydrogen) atoms. The van der Waals surface area contributed by atoms with Gasteiger partial charge < -0.3 is 0 Å². The van der Waals surface area contributed by atoms with Gasteiger partial charge in [0.2, 0.25) is 0 Å². The summed E-state index contributed by atoms with van der Waals surface area (Å²) in [5, 5.41) is 0. The van der Waals surface area contributed by atoms with Gasteiger partial charge in [0.1, 0.15) is 0 Å². The Morgan fingerprint density at radius 2 is 1.42 bits per heavy atom. The lowest BCUT2D eigenvalue weighted by molar-refractivity contribution is 0.315. The van der Waals surface area contributed by atoms with Gasteiger partial charge >= 0.3 is 0 Å². The summed E-state index contributed by atoms with van der Waals surface area (Å²) < 4.78 is 0. The van der Waals surface area contributed by atoms with Crippen molar-refractivity contribution in [2.75, 3.05) is 0 Å². The Labute approximate surface area is 78.8 Å². The van der Waals surface area contributed by atoms with E-state index in [0.717, 1.165) is 17.8 Å². The lowest BCUT2D eigenvalue weighted by Gasteiger charge is -2.20. The molecule has 0 amide bonds. The first-order valence-electron chi connectivity index (χ1n) is 5.61. The molecule has 0 rings (SSSR count). The third-order valence-corrected chi connectivity index (χ3v) is 3.19. The van der Waals surface area contributed by atoms with Crippen LogP contribution in [0, 0.1) is 17.8 Å². The van der Waals surface area contributed by atoms with Gasteiger partial charge in [-0.25, -0.2) is 0 Å². The van der Waals surface area contributed by atoms with Gasteiger partial charge in [0.15, 0.2) is 0 Å². The molecule has 0 aliphatic heterocycles. The highest BCUT2D eigenvalue weighted by molar-refractivity contribution is 4.63. The first kappa shape index (κ1) is 12.0. The third kappa shape index (κ3) is 4.79. The monoisotopic (exact) mass is 170 g/mol. The summed E-state index contributed by atoms with van der Waals surface area (Å²) in [5.41, 5.74) is 0. The lowest BCUT2D eigenvalue weighted by Crippen LogP contribution is -2.08. The van der Waals surface area contributed by atoms with Gasteiger partial charge in [0, 0.05) is 0 Å². The average Bonchev–Trinajstić information content (AvgIpc) is 2.04. The summed E-state index contributed by atoms with van der Waals surface area (Å²) in [7, 11) is 0. The van der Waals surface area contributed by atoms with E-state index in [0.29, 0.717) is 0 Å². The second kappa shape index (κ2) is 6.51. The Kier molecular flexibility index (Phi) is 6.51. The lowest BCUT2D eigenvalue weighted by atomic mass is 9.86. The van der Waals surface area contributed by atoms with E-state index in [1.165, 1.54) is 25.7 Å². The number of rotatable bonds is 6. The van der Waals surface area contributed by atoms with Crippen LogP contribution >= 0.6 is 0 Å². The zero-order valence-electron chi connectivity index (χ0n) is 9.56. The van der Waals surface area contributed by atoms with E-state index in [2.05, 4.69) is 34.6 Å². The van der Waals surface area contributed by atoms with Crippen LogP contribution in [0.25, 0.3) is 0 Å². The molecule has 0 N–H and O–H groups in total. The molecule has 0 aliphatic rings. The van der Waals surface area contributed by atoms with Gasteiger partial charge in [0.25, 0.3) is 0 Å². The summed E-state index contributed by atoms with van der Waals surface area (Å²) in [4.78, 5) is 0. The Morgan fingerprint density at radius 1 is 0.833 bits per heavy atom. The van der Waals surface area contributed by atoms with Gasteiger partial charge in [-0.05, 0) is 24.2 Å². The van der Waals surface area contributed by atoms with Crippen LogP contribution in [0.3, 0.4) is 0 Å². The molecule has 2 atom stereocenters. The van der Waals surface area contributed by atoms with Crippen LogP contribution in [0.1, 0.15) is 60.3 Å². The van der Waals surface area contributed by atoms with E-state index >= 15 is 0 Å². The van der Waals surface area contributed by atoms with Crippen LogP contribution < -0.4 is 0 Å². The molecule has 0 aromatic carbocycles. The number of hydrogen-bond acceptors (Lipinski definition) is 0. The van der Waals surface area contributed by atoms with E-state index in [9.17, 15) is 0 Å². The fourth-order valence-corrected chi connectivity index (χ4v) is 1.71. The molecule has 0 nitrogen and oxygen atoms in total. The van der Waals surface area contributed by atoms with Crippen LogP contribution in [0.15, 0.2) is 0 Å². The molecule has 74 valence electrons. The van der Waals surface area contributed by atoms with Crippen molar-refractivity contribution in [3.63, 3.8) is 0 Å². The molecule has 0 spiro atoms. The van der Waals surface area contributed by atoms with Gasteiger partial charge in [0.05, 0.1) is 0 Å². The normalized spacial score (nSPS) is 16.5. The summed E-state index contributed by atoms with van der Waals surface area (Å²) in [6, 6.07) is 0. The molecule has 0 bridgehead atoms. The minimum atomic E-state index is 0.874. The zero-order valence-corrected chi connectivity index (χ0v) is 9.56. The highest BCUT2D eigenvalue weighted by Gasteiger charge is 2.11. The molecular formula is C12H26. The van der Waals surface area contributed by atoms with E-state index in [1.807, 2.05) is 0 Å². The molecule has 0 saturated heterocycles. The van der Waals surface area contributed by atoms with Crippen LogP contribution in [0.4, 0.5) is 0 Å². The quantitative estimate of drug-likeness (QED) is 0.551. The number of hydrogen-bond donors (Lipinski definition) is 0. The minimum Gasteiger partial charge on any atom is -0.0651 e. The van der Waals surface area contributed by atoms with Crippen molar-refractivity contribution < 1.29 is 0 Å². The van der Waals surface area contributed by atoms with Crippen molar-refractivity contribution in [2.45, 2.75) is 60.3 Å². The average molecular weight is 170 g/mol. The maximum atomic E-state index is 2.37. The van der Waals surface area contributed by atoms with Crippen molar-refractivity contribution in [2.24, 2.45) is 17.8 Å². The smallest absolute Gasteiger partial charge is 0.0394 e. The fourth-order valence-electron chi connectivity index (χ4n) is 1.71. The molecular weight excluding hydrogens is 144 g/mol. The highest BCUT2D eigenvalue weighted by Crippen LogP contribution is 2.23. The molecule has 0 aliphatic carbocycles. The van der Waals surface area contributed by atoms with E-state index in [4.69, 9.17) is 0 Å². The van der Waals surface area contributed by atoms with Crippen molar-refractivity contribution in [1.29, 1.82) is 0 Å². The second-order valence-corrected chi connectivity index (χ2v) is 4.50. The first-order chi connectivity index (χ1) is 5.61. The summed E-state index contributed by atoms with van der Waals surface area (Å²) >= 11 is 0. The largest absolute Gasteiger partial charge is 0.0651 e. The summed E-state index contributed by atoms with van der Waals surface area (Å²) in [6.07, 6.45) is 5.55. The van der Waals surface area contributed by atoms with Crippen LogP contribution in [0.2, 0.25) is 0 Å². The zero-order chi connectivity index (χ0) is 9.56. The summed E-state index contributed by atoms with van der Waals surface area (Å²) in [5.74, 6) is 2.76. The minimum absolute atomic E-state index is 0.874. The molecule has 0 heteroatoms. The van der Waals surface area contributed by atoms with Crippen molar-refractivity contribution >= 4 is 0 Å². The fraction of sp³-hybridized carbons (Fsp3) is 1.00. The molecule has 0 radical (unpaired) electrons. The van der Waals surface area contributed by atoms with Crippen molar-refractivity contribution in [3.8, 4) is 0 Å². The molecule has 0 aromatic heterocycles. The van der Waals surface area contributed by atoms with Gasteiger partial charge in [-0.2, -0.15) is 0 Å². The maximum absolute atomic E-state index is 2.37. The Morgan fingerprint density at radius 3 is 1.75 bits per heavy atom. The SMILES string of the molecule is CCC(C)CC[C@H](CC)C(C)C. The van der Waals surface area contributed by atoms with Crippen LogP contribution in [-0.2, 0) is 0 Å². The first-order valence-corrected chi connectivity index (χ1v) is 5.61. The van der Waals surface area contributed by atoms with E-state index in [-0.39, 0.29) is 0 Å². The Balaban J connectivity index is 3.58. The van der Waals surface area contributed by atoms with E-state index in [1.54, 1.807) is 0 Å². The second-order valence-electron chi connectivity index (χ2n) is 4.50. The topological polar surface area (TPSA) is 0 Å². The predicted molar refractivity (Wildman–Crippen MR) is 57.3 cm³/mol. The van der Waals surface area contributed by atoms with E-state index < -0.39 is 0 Å². The van der Waals surface area contributed by atoms with Crippen molar-refractivity contribution in [1.82, 2.24) is 0 Å². The van der Waals surface area contributed by atoms with Crippen LogP contribution in [-0.4, -0.2) is 0 Å².